The van der Waals surface area contributed by atoms with Gasteiger partial charge in [-0.05, 0) is 18.2 Å². The van der Waals surface area contributed by atoms with Crippen molar-refractivity contribution in [1.29, 1.82) is 0 Å². The van der Waals surface area contributed by atoms with Crippen molar-refractivity contribution in [2.75, 3.05) is 12.4 Å². The average Bonchev–Trinajstić information content (AvgIpc) is 2.47. The number of nitrogens with zero attached hydrogens (tertiary/aromatic N) is 1. The van der Waals surface area contributed by atoms with Crippen LogP contribution in [0.5, 0.6) is 0 Å². The number of rotatable bonds is 2. The molecule has 1 aliphatic heterocycles. The van der Waals surface area contributed by atoms with Crippen molar-refractivity contribution >= 4 is 17.5 Å². The van der Waals surface area contributed by atoms with Crippen LogP contribution in [0.2, 0.25) is 0 Å². The monoisotopic (exact) mass is 222 g/mol. The van der Waals surface area contributed by atoms with Crippen LogP contribution in [0.1, 0.15) is 6.42 Å². The van der Waals surface area contributed by atoms with Gasteiger partial charge in [-0.25, -0.2) is 4.39 Å². The Hall–Kier alpha value is -1.91. The minimum Gasteiger partial charge on any atom is -0.373 e. The topological polar surface area (TPSA) is 49.4 Å². The van der Waals surface area contributed by atoms with E-state index in [4.69, 9.17) is 0 Å². The van der Waals surface area contributed by atoms with Crippen LogP contribution in [-0.4, -0.2) is 29.8 Å². The van der Waals surface area contributed by atoms with Gasteiger partial charge < -0.3 is 5.32 Å². The molecule has 5 heteroatoms. The molecule has 4 nitrogen and oxygen atoms in total. The quantitative estimate of drug-likeness (QED) is 0.759. The van der Waals surface area contributed by atoms with Gasteiger partial charge in [-0.3, -0.25) is 14.5 Å². The summed E-state index contributed by atoms with van der Waals surface area (Å²) in [6, 6.07) is 5.22. The highest BCUT2D eigenvalue weighted by atomic mass is 19.1. The molecule has 1 unspecified atom stereocenters. The van der Waals surface area contributed by atoms with Crippen LogP contribution < -0.4 is 5.32 Å². The molecule has 0 radical (unpaired) electrons. The summed E-state index contributed by atoms with van der Waals surface area (Å²) in [6.07, 6.45) is 0.117. The number of likely N-dealkylation sites (N-methyl/N-ethyl adjacent to an activating group) is 1. The molecule has 1 N–H and O–H groups in total. The van der Waals surface area contributed by atoms with Gasteiger partial charge in [0.25, 0.3) is 5.91 Å². The number of hydrogen-bond acceptors (Lipinski definition) is 3. The summed E-state index contributed by atoms with van der Waals surface area (Å²) >= 11 is 0. The third-order valence-electron chi connectivity index (χ3n) is 2.55. The Bertz CT molecular complexity index is 447. The second-order valence-electron chi connectivity index (χ2n) is 3.70. The normalized spacial score (nSPS) is 20.4. The maximum absolute atomic E-state index is 12.9. The largest absolute Gasteiger partial charge is 0.373 e. The van der Waals surface area contributed by atoms with Gasteiger partial charge in [0.05, 0.1) is 6.42 Å². The number of likely N-dealkylation sites (tertiary alicyclic amines) is 1. The number of amides is 2. The van der Waals surface area contributed by atoms with Gasteiger partial charge in [0.1, 0.15) is 11.9 Å². The van der Waals surface area contributed by atoms with Crippen molar-refractivity contribution in [1.82, 2.24) is 4.90 Å². The number of hydrogen-bond donors (Lipinski definition) is 1. The van der Waals surface area contributed by atoms with Gasteiger partial charge in [0.2, 0.25) is 5.91 Å². The molecule has 2 amide bonds. The molecule has 1 saturated heterocycles. The van der Waals surface area contributed by atoms with Crippen LogP contribution in [0.15, 0.2) is 24.3 Å². The Morgan fingerprint density at radius 1 is 1.44 bits per heavy atom. The summed E-state index contributed by atoms with van der Waals surface area (Å²) in [4.78, 5) is 23.9. The Labute approximate surface area is 92.0 Å². The molecule has 84 valence electrons. The molecule has 0 aliphatic carbocycles. The van der Waals surface area contributed by atoms with E-state index >= 15 is 0 Å². The molecule has 1 aromatic rings. The number of anilines is 1. The fourth-order valence-corrected chi connectivity index (χ4v) is 1.65. The van der Waals surface area contributed by atoms with Crippen LogP contribution in [0.3, 0.4) is 0 Å². The first kappa shape index (κ1) is 10.6. The van der Waals surface area contributed by atoms with Crippen molar-refractivity contribution in [3.63, 3.8) is 0 Å². The van der Waals surface area contributed by atoms with E-state index in [1.807, 2.05) is 0 Å². The first-order chi connectivity index (χ1) is 7.58. The molecule has 1 heterocycles. The number of carbonyl (C=O) groups is 2. The number of benzene rings is 1. The molecule has 1 atom stereocenters. The van der Waals surface area contributed by atoms with Gasteiger partial charge in [0.15, 0.2) is 0 Å². The molecule has 1 aromatic carbocycles. The van der Waals surface area contributed by atoms with E-state index in [1.54, 1.807) is 12.1 Å². The van der Waals surface area contributed by atoms with Gasteiger partial charge in [-0.1, -0.05) is 6.07 Å². The second kappa shape index (κ2) is 3.92. The molecular formula is C11H11FN2O2. The molecule has 2 rings (SSSR count). The van der Waals surface area contributed by atoms with Crippen LogP contribution in [0, 0.1) is 5.82 Å². The summed E-state index contributed by atoms with van der Waals surface area (Å²) in [6.45, 7) is 0. The van der Waals surface area contributed by atoms with Crippen molar-refractivity contribution < 1.29 is 14.0 Å². The second-order valence-corrected chi connectivity index (χ2v) is 3.70. The molecule has 1 fully saturated rings. The lowest BCUT2D eigenvalue weighted by molar-refractivity contribution is -0.136. The molecular weight excluding hydrogens is 211 g/mol. The van der Waals surface area contributed by atoms with Crippen molar-refractivity contribution in [3.05, 3.63) is 30.1 Å². The predicted octanol–water partition coefficient (Wildman–Crippen LogP) is 0.995. The lowest BCUT2D eigenvalue weighted by Gasteiger charge is -2.12. The van der Waals surface area contributed by atoms with E-state index in [2.05, 4.69) is 5.32 Å². The van der Waals surface area contributed by atoms with Gasteiger partial charge in [-0.15, -0.1) is 0 Å². The third-order valence-corrected chi connectivity index (χ3v) is 2.55. The van der Waals surface area contributed by atoms with Crippen molar-refractivity contribution in [3.8, 4) is 0 Å². The maximum atomic E-state index is 12.9. The molecule has 0 bridgehead atoms. The van der Waals surface area contributed by atoms with Gasteiger partial charge >= 0.3 is 0 Å². The molecule has 0 spiro atoms. The highest BCUT2D eigenvalue weighted by Gasteiger charge is 2.35. The minimum absolute atomic E-state index is 0.117. The summed E-state index contributed by atoms with van der Waals surface area (Å²) in [7, 11) is 1.44. The van der Waals surface area contributed by atoms with E-state index in [-0.39, 0.29) is 24.1 Å². The Morgan fingerprint density at radius 2 is 2.19 bits per heavy atom. The van der Waals surface area contributed by atoms with Gasteiger partial charge in [0, 0.05) is 12.7 Å². The molecule has 1 aliphatic rings. The zero-order valence-electron chi connectivity index (χ0n) is 8.74. The fraction of sp³-hybridized carbons (Fsp3) is 0.273. The fourth-order valence-electron chi connectivity index (χ4n) is 1.65. The Morgan fingerprint density at radius 3 is 2.75 bits per heavy atom. The molecule has 16 heavy (non-hydrogen) atoms. The Kier molecular flexibility index (Phi) is 2.60. The first-order valence-electron chi connectivity index (χ1n) is 4.90. The number of nitrogens with one attached hydrogen (secondary N) is 1. The van der Waals surface area contributed by atoms with Crippen LogP contribution in [0.25, 0.3) is 0 Å². The number of halogens is 1. The van der Waals surface area contributed by atoms with E-state index in [0.717, 1.165) is 4.90 Å². The number of imide groups is 1. The van der Waals surface area contributed by atoms with Crippen molar-refractivity contribution in [2.45, 2.75) is 12.5 Å². The average molecular weight is 222 g/mol. The van der Waals surface area contributed by atoms with Crippen molar-refractivity contribution in [2.24, 2.45) is 0 Å². The third kappa shape index (κ3) is 1.88. The summed E-state index contributed by atoms with van der Waals surface area (Å²) in [5.41, 5.74) is 0.501. The summed E-state index contributed by atoms with van der Waals surface area (Å²) in [5.74, 6) is -0.886. The highest BCUT2D eigenvalue weighted by molar-refractivity contribution is 6.06. The summed E-state index contributed by atoms with van der Waals surface area (Å²) < 4.78 is 12.9. The lowest BCUT2D eigenvalue weighted by Crippen LogP contribution is -2.31. The first-order valence-corrected chi connectivity index (χ1v) is 4.90. The van der Waals surface area contributed by atoms with Gasteiger partial charge in [-0.2, -0.15) is 0 Å². The maximum Gasteiger partial charge on any atom is 0.251 e. The zero-order chi connectivity index (χ0) is 11.7. The standard InChI is InChI=1S/C11H11FN2O2/c1-14-10(15)6-9(11(14)16)13-8-4-2-3-7(12)5-8/h2-5,9,13H,6H2,1H3. The lowest BCUT2D eigenvalue weighted by atomic mass is 10.2. The van der Waals surface area contributed by atoms with Crippen LogP contribution in [0.4, 0.5) is 10.1 Å². The summed E-state index contributed by atoms with van der Waals surface area (Å²) in [5, 5.41) is 2.84. The smallest absolute Gasteiger partial charge is 0.251 e. The van der Waals surface area contributed by atoms with E-state index in [1.165, 1.54) is 19.2 Å². The molecule has 0 aromatic heterocycles. The van der Waals surface area contributed by atoms with Crippen LogP contribution >= 0.6 is 0 Å². The minimum atomic E-state index is -0.584. The number of carbonyl (C=O) groups excluding carboxylic acids is 2. The van der Waals surface area contributed by atoms with Crippen LogP contribution in [-0.2, 0) is 9.59 Å². The highest BCUT2D eigenvalue weighted by Crippen LogP contribution is 2.17. The predicted molar refractivity (Wildman–Crippen MR) is 56.2 cm³/mol. The van der Waals surface area contributed by atoms with E-state index in [0.29, 0.717) is 5.69 Å². The SMILES string of the molecule is CN1C(=O)CC(Nc2cccc(F)c2)C1=O. The molecule has 0 saturated carbocycles. The zero-order valence-corrected chi connectivity index (χ0v) is 8.74. The Balaban J connectivity index is 2.12. The van der Waals surface area contributed by atoms with E-state index < -0.39 is 6.04 Å². The van der Waals surface area contributed by atoms with E-state index in [9.17, 15) is 14.0 Å².